The Labute approximate surface area is 137 Å². The Bertz CT molecular complexity index is 650. The Kier molecular flexibility index (Phi) is 6.06. The molecule has 2 rings (SSSR count). The molecule has 4 nitrogen and oxygen atoms in total. The number of halogens is 2. The molecule has 0 radical (unpaired) electrons. The fourth-order valence-electron chi connectivity index (χ4n) is 2.09. The van der Waals surface area contributed by atoms with E-state index in [0.717, 1.165) is 10.9 Å². The highest BCUT2D eigenvalue weighted by molar-refractivity contribution is 7.10. The maximum absolute atomic E-state index is 13.6. The first-order valence-corrected chi connectivity index (χ1v) is 8.03. The largest absolute Gasteiger partial charge is 0.386 e. The molecule has 2 aromatic rings. The molecule has 23 heavy (non-hydrogen) atoms. The van der Waals surface area contributed by atoms with Gasteiger partial charge >= 0.3 is 6.03 Å². The molecule has 0 spiro atoms. The molecule has 0 saturated heterocycles. The number of carbonyl (C=O) groups excluding carboxylic acids is 1. The maximum Gasteiger partial charge on any atom is 0.314 e. The highest BCUT2D eigenvalue weighted by Crippen LogP contribution is 2.19. The van der Waals surface area contributed by atoms with Gasteiger partial charge in [-0.15, -0.1) is 11.3 Å². The fraction of sp³-hybridized carbons (Fsp3) is 0.312. The molecule has 1 heterocycles. The normalized spacial score (nSPS) is 13.4. The Hall–Kier alpha value is -1.99. The summed E-state index contributed by atoms with van der Waals surface area (Å²) in [6.45, 7) is 2.02. The van der Waals surface area contributed by atoms with Crippen LogP contribution in [0.1, 0.15) is 29.4 Å². The first-order chi connectivity index (χ1) is 11.0. The predicted octanol–water partition coefficient (Wildman–Crippen LogP) is 3.16. The fourth-order valence-corrected chi connectivity index (χ4v) is 2.80. The SMILES string of the molecule is CC(CNC(=O)NCC(O)c1cccs1)c1ccc(F)cc1F. The first kappa shape index (κ1) is 17.4. The quantitative estimate of drug-likeness (QED) is 0.756. The summed E-state index contributed by atoms with van der Waals surface area (Å²) in [5.41, 5.74) is 0.338. The van der Waals surface area contributed by atoms with Gasteiger partial charge in [-0.1, -0.05) is 19.1 Å². The van der Waals surface area contributed by atoms with E-state index in [4.69, 9.17) is 0 Å². The Morgan fingerprint density at radius 2 is 2.00 bits per heavy atom. The highest BCUT2D eigenvalue weighted by atomic mass is 32.1. The Balaban J connectivity index is 1.77. The zero-order valence-electron chi connectivity index (χ0n) is 12.6. The average molecular weight is 340 g/mol. The number of amides is 2. The van der Waals surface area contributed by atoms with Gasteiger partial charge in [0.1, 0.15) is 17.7 Å². The van der Waals surface area contributed by atoms with Crippen molar-refractivity contribution in [3.05, 3.63) is 57.8 Å². The van der Waals surface area contributed by atoms with Crippen LogP contribution in [-0.4, -0.2) is 24.2 Å². The minimum absolute atomic E-state index is 0.0889. The number of aliphatic hydroxyl groups excluding tert-OH is 1. The minimum atomic E-state index is -0.757. The van der Waals surface area contributed by atoms with Crippen LogP contribution in [-0.2, 0) is 0 Å². The van der Waals surface area contributed by atoms with Gasteiger partial charge in [0, 0.05) is 23.4 Å². The number of nitrogens with one attached hydrogen (secondary N) is 2. The molecular formula is C16H18F2N2O2S. The van der Waals surface area contributed by atoms with Crippen LogP contribution in [0, 0.1) is 11.6 Å². The molecule has 2 amide bonds. The van der Waals surface area contributed by atoms with Crippen molar-refractivity contribution in [1.29, 1.82) is 0 Å². The van der Waals surface area contributed by atoms with Crippen molar-refractivity contribution in [2.24, 2.45) is 0 Å². The smallest absolute Gasteiger partial charge is 0.314 e. The van der Waals surface area contributed by atoms with Crippen LogP contribution < -0.4 is 10.6 Å². The number of hydrogen-bond donors (Lipinski definition) is 3. The van der Waals surface area contributed by atoms with Crippen molar-refractivity contribution in [2.75, 3.05) is 13.1 Å². The van der Waals surface area contributed by atoms with E-state index < -0.39 is 23.8 Å². The van der Waals surface area contributed by atoms with Gasteiger partial charge < -0.3 is 15.7 Å². The van der Waals surface area contributed by atoms with E-state index in [9.17, 15) is 18.7 Å². The highest BCUT2D eigenvalue weighted by Gasteiger charge is 2.14. The molecular weight excluding hydrogens is 322 g/mol. The number of aliphatic hydroxyl groups is 1. The lowest BCUT2D eigenvalue weighted by molar-refractivity contribution is 0.176. The molecule has 1 aromatic heterocycles. The van der Waals surface area contributed by atoms with Crippen LogP contribution in [0.4, 0.5) is 13.6 Å². The van der Waals surface area contributed by atoms with E-state index >= 15 is 0 Å². The second kappa shape index (κ2) is 8.03. The summed E-state index contributed by atoms with van der Waals surface area (Å²) in [5.74, 6) is -1.57. The number of hydrogen-bond acceptors (Lipinski definition) is 3. The zero-order valence-corrected chi connectivity index (χ0v) is 13.4. The van der Waals surface area contributed by atoms with Gasteiger partial charge in [-0.2, -0.15) is 0 Å². The summed E-state index contributed by atoms with van der Waals surface area (Å²) in [5, 5.41) is 16.9. The lowest BCUT2D eigenvalue weighted by Crippen LogP contribution is -2.39. The van der Waals surface area contributed by atoms with Gasteiger partial charge in [-0.05, 0) is 23.1 Å². The van der Waals surface area contributed by atoms with Crippen molar-refractivity contribution in [3.8, 4) is 0 Å². The standard InChI is InChI=1S/C16H18F2N2O2S/c1-10(12-5-4-11(17)7-13(12)18)8-19-16(22)20-9-14(21)15-3-2-6-23-15/h2-7,10,14,21H,8-9H2,1H3,(H2,19,20,22). The third-order valence-corrected chi connectivity index (χ3v) is 4.36. The molecule has 2 atom stereocenters. The van der Waals surface area contributed by atoms with Crippen LogP contribution in [0.2, 0.25) is 0 Å². The number of benzene rings is 1. The summed E-state index contributed by atoms with van der Waals surface area (Å²) in [6, 6.07) is 6.54. The molecule has 0 aliphatic heterocycles. The Morgan fingerprint density at radius 3 is 2.65 bits per heavy atom. The topological polar surface area (TPSA) is 61.4 Å². The third-order valence-electron chi connectivity index (χ3n) is 3.39. The second-order valence-electron chi connectivity index (χ2n) is 5.19. The van der Waals surface area contributed by atoms with Crippen LogP contribution in [0.5, 0.6) is 0 Å². The molecule has 0 bridgehead atoms. The van der Waals surface area contributed by atoms with E-state index in [1.165, 1.54) is 23.5 Å². The molecule has 0 fully saturated rings. The van der Waals surface area contributed by atoms with Crippen LogP contribution in [0.3, 0.4) is 0 Å². The lowest BCUT2D eigenvalue weighted by atomic mass is 10.0. The minimum Gasteiger partial charge on any atom is -0.386 e. The summed E-state index contributed by atoms with van der Waals surface area (Å²) in [4.78, 5) is 12.5. The number of rotatable bonds is 6. The van der Waals surface area contributed by atoms with Gasteiger partial charge in [-0.3, -0.25) is 0 Å². The molecule has 1 aromatic carbocycles. The molecule has 0 saturated carbocycles. The average Bonchev–Trinajstić information content (AvgIpc) is 3.04. The second-order valence-corrected chi connectivity index (χ2v) is 6.17. The van der Waals surface area contributed by atoms with Crippen molar-refractivity contribution in [1.82, 2.24) is 10.6 Å². The summed E-state index contributed by atoms with van der Waals surface area (Å²) in [6.07, 6.45) is -0.757. The molecule has 2 unspecified atom stereocenters. The molecule has 124 valence electrons. The maximum atomic E-state index is 13.6. The number of urea groups is 1. The van der Waals surface area contributed by atoms with Crippen molar-refractivity contribution in [2.45, 2.75) is 18.9 Å². The van der Waals surface area contributed by atoms with Gasteiger partial charge in [0.05, 0.1) is 6.54 Å². The van der Waals surface area contributed by atoms with Crippen molar-refractivity contribution in [3.63, 3.8) is 0 Å². The Morgan fingerprint density at radius 1 is 1.26 bits per heavy atom. The first-order valence-electron chi connectivity index (χ1n) is 7.15. The molecule has 0 aliphatic carbocycles. The van der Waals surface area contributed by atoms with Crippen molar-refractivity contribution < 1.29 is 18.7 Å². The van der Waals surface area contributed by atoms with Crippen LogP contribution in [0.15, 0.2) is 35.7 Å². The number of carbonyl (C=O) groups is 1. The van der Waals surface area contributed by atoms with Gasteiger partial charge in [0.2, 0.25) is 0 Å². The third kappa shape index (κ3) is 5.01. The van der Waals surface area contributed by atoms with E-state index in [0.29, 0.717) is 5.56 Å². The lowest BCUT2D eigenvalue weighted by Gasteiger charge is -2.15. The molecule has 0 aliphatic rings. The van der Waals surface area contributed by atoms with E-state index in [-0.39, 0.29) is 19.0 Å². The van der Waals surface area contributed by atoms with Crippen molar-refractivity contribution >= 4 is 17.4 Å². The zero-order chi connectivity index (χ0) is 16.8. The van der Waals surface area contributed by atoms with Gasteiger partial charge in [0.15, 0.2) is 0 Å². The predicted molar refractivity (Wildman–Crippen MR) is 85.5 cm³/mol. The summed E-state index contributed by atoms with van der Waals surface area (Å²) in [7, 11) is 0. The van der Waals surface area contributed by atoms with E-state index in [2.05, 4.69) is 10.6 Å². The summed E-state index contributed by atoms with van der Waals surface area (Å²) < 4.78 is 26.5. The van der Waals surface area contributed by atoms with Crippen LogP contribution >= 0.6 is 11.3 Å². The van der Waals surface area contributed by atoms with Crippen LogP contribution in [0.25, 0.3) is 0 Å². The van der Waals surface area contributed by atoms with Gasteiger partial charge in [-0.25, -0.2) is 13.6 Å². The van der Waals surface area contributed by atoms with E-state index in [1.54, 1.807) is 13.0 Å². The van der Waals surface area contributed by atoms with Gasteiger partial charge in [0.25, 0.3) is 0 Å². The summed E-state index contributed by atoms with van der Waals surface area (Å²) >= 11 is 1.41. The monoisotopic (exact) mass is 340 g/mol. The van der Waals surface area contributed by atoms with E-state index in [1.807, 2.05) is 11.4 Å². The molecule has 7 heteroatoms. The molecule has 3 N–H and O–H groups in total. The number of thiophene rings is 1.